The summed E-state index contributed by atoms with van der Waals surface area (Å²) < 4.78 is 7.33. The van der Waals surface area contributed by atoms with Gasteiger partial charge < -0.3 is 10.2 Å². The SMILES string of the molecule is COc1ccccc1-c1nnc2n1N[C@H](c1ccc(Cl)cc1)S2. The number of nitrogens with zero attached hydrogens (tertiary/aromatic N) is 3. The Hall–Kier alpha value is -2.18. The van der Waals surface area contributed by atoms with Gasteiger partial charge >= 0.3 is 0 Å². The second-order valence-electron chi connectivity index (χ2n) is 5.02. The van der Waals surface area contributed by atoms with Crippen LogP contribution in [-0.2, 0) is 0 Å². The van der Waals surface area contributed by atoms with Gasteiger partial charge in [0.05, 0.1) is 12.7 Å². The van der Waals surface area contributed by atoms with Crippen LogP contribution in [-0.4, -0.2) is 22.0 Å². The maximum absolute atomic E-state index is 5.96. The van der Waals surface area contributed by atoms with Crippen molar-refractivity contribution in [3.8, 4) is 17.1 Å². The highest BCUT2D eigenvalue weighted by Crippen LogP contribution is 2.41. The lowest BCUT2D eigenvalue weighted by molar-refractivity contribution is 0.416. The fraction of sp³-hybridized carbons (Fsp3) is 0.125. The van der Waals surface area contributed by atoms with Crippen molar-refractivity contribution in [3.63, 3.8) is 0 Å². The molecule has 1 N–H and O–H groups in total. The van der Waals surface area contributed by atoms with E-state index in [1.165, 1.54) is 0 Å². The summed E-state index contributed by atoms with van der Waals surface area (Å²) in [5.41, 5.74) is 5.46. The van der Waals surface area contributed by atoms with Crippen LogP contribution in [0.4, 0.5) is 0 Å². The zero-order chi connectivity index (χ0) is 15.8. The smallest absolute Gasteiger partial charge is 0.212 e. The van der Waals surface area contributed by atoms with Crippen molar-refractivity contribution in [2.24, 2.45) is 0 Å². The fourth-order valence-electron chi connectivity index (χ4n) is 2.50. The summed E-state index contributed by atoms with van der Waals surface area (Å²) in [4.78, 5) is 0. The maximum atomic E-state index is 5.96. The van der Waals surface area contributed by atoms with Gasteiger partial charge in [-0.3, -0.25) is 0 Å². The summed E-state index contributed by atoms with van der Waals surface area (Å²) in [6.07, 6.45) is 0. The number of para-hydroxylation sites is 1. The molecule has 0 spiro atoms. The topological polar surface area (TPSA) is 52.0 Å². The Morgan fingerprint density at radius 2 is 1.91 bits per heavy atom. The molecule has 23 heavy (non-hydrogen) atoms. The number of benzene rings is 2. The van der Waals surface area contributed by atoms with Gasteiger partial charge in [0.25, 0.3) is 0 Å². The Balaban J connectivity index is 1.68. The molecule has 0 bridgehead atoms. The molecule has 0 fully saturated rings. The molecule has 0 radical (unpaired) electrons. The van der Waals surface area contributed by atoms with Crippen molar-refractivity contribution >= 4 is 23.4 Å². The number of fused-ring (bicyclic) bond motifs is 1. The number of thioether (sulfide) groups is 1. The first-order valence-electron chi connectivity index (χ1n) is 7.04. The van der Waals surface area contributed by atoms with E-state index in [1.807, 2.05) is 53.2 Å². The monoisotopic (exact) mass is 344 g/mol. The number of methoxy groups -OCH3 is 1. The molecule has 1 atom stereocenters. The number of nitrogens with one attached hydrogen (secondary N) is 1. The first-order chi connectivity index (χ1) is 11.3. The van der Waals surface area contributed by atoms with E-state index in [0.717, 1.165) is 32.9 Å². The molecule has 2 aromatic carbocycles. The van der Waals surface area contributed by atoms with E-state index in [2.05, 4.69) is 15.6 Å². The van der Waals surface area contributed by atoms with E-state index < -0.39 is 0 Å². The van der Waals surface area contributed by atoms with Crippen LogP contribution >= 0.6 is 23.4 Å². The molecule has 0 unspecified atom stereocenters. The molecular formula is C16H13ClN4OS. The molecule has 1 aromatic heterocycles. The van der Waals surface area contributed by atoms with Gasteiger partial charge in [0, 0.05) is 5.02 Å². The normalized spacial score (nSPS) is 16.0. The molecule has 0 saturated carbocycles. The minimum atomic E-state index is 0.0752. The summed E-state index contributed by atoms with van der Waals surface area (Å²) in [5, 5.41) is 10.2. The van der Waals surface area contributed by atoms with Crippen LogP contribution in [0.15, 0.2) is 53.7 Å². The molecule has 4 rings (SSSR count). The van der Waals surface area contributed by atoms with Crippen molar-refractivity contribution in [2.45, 2.75) is 10.5 Å². The summed E-state index contributed by atoms with van der Waals surface area (Å²) in [6, 6.07) is 15.6. The van der Waals surface area contributed by atoms with Gasteiger partial charge in [-0.25, -0.2) is 4.68 Å². The second-order valence-corrected chi connectivity index (χ2v) is 6.53. The minimum absolute atomic E-state index is 0.0752. The summed E-state index contributed by atoms with van der Waals surface area (Å²) >= 11 is 7.57. The van der Waals surface area contributed by atoms with Gasteiger partial charge in [-0.05, 0) is 29.8 Å². The third-order valence-electron chi connectivity index (χ3n) is 3.62. The lowest BCUT2D eigenvalue weighted by Gasteiger charge is -2.13. The van der Waals surface area contributed by atoms with E-state index in [4.69, 9.17) is 16.3 Å². The minimum Gasteiger partial charge on any atom is -0.496 e. The highest BCUT2D eigenvalue weighted by molar-refractivity contribution is 7.99. The number of rotatable bonds is 3. The zero-order valence-corrected chi connectivity index (χ0v) is 13.8. The van der Waals surface area contributed by atoms with Gasteiger partial charge in [0.2, 0.25) is 5.16 Å². The van der Waals surface area contributed by atoms with Crippen molar-refractivity contribution in [1.29, 1.82) is 0 Å². The quantitative estimate of drug-likeness (QED) is 0.779. The van der Waals surface area contributed by atoms with Gasteiger partial charge in [0.15, 0.2) is 5.82 Å². The molecule has 116 valence electrons. The predicted molar refractivity (Wildman–Crippen MR) is 91.4 cm³/mol. The molecule has 3 aromatic rings. The molecule has 2 heterocycles. The third-order valence-corrected chi connectivity index (χ3v) is 4.96. The molecular weight excluding hydrogens is 332 g/mol. The van der Waals surface area contributed by atoms with Crippen molar-refractivity contribution in [2.75, 3.05) is 12.5 Å². The molecule has 5 nitrogen and oxygen atoms in total. The van der Waals surface area contributed by atoms with E-state index in [0.29, 0.717) is 0 Å². The van der Waals surface area contributed by atoms with Gasteiger partial charge in [-0.15, -0.1) is 10.2 Å². The van der Waals surface area contributed by atoms with Gasteiger partial charge in [0.1, 0.15) is 11.1 Å². The van der Waals surface area contributed by atoms with E-state index in [1.54, 1.807) is 18.9 Å². The van der Waals surface area contributed by atoms with Crippen LogP contribution < -0.4 is 10.2 Å². The molecule has 1 aliphatic heterocycles. The summed E-state index contributed by atoms with van der Waals surface area (Å²) in [6.45, 7) is 0. The average Bonchev–Trinajstić information content (AvgIpc) is 3.16. The highest BCUT2D eigenvalue weighted by Gasteiger charge is 2.28. The van der Waals surface area contributed by atoms with Gasteiger partial charge in [-0.1, -0.05) is 47.6 Å². The fourth-order valence-corrected chi connectivity index (χ4v) is 3.62. The summed E-state index contributed by atoms with van der Waals surface area (Å²) in [5.74, 6) is 1.51. The van der Waals surface area contributed by atoms with Crippen molar-refractivity contribution in [3.05, 3.63) is 59.1 Å². The lowest BCUT2D eigenvalue weighted by atomic mass is 10.2. The van der Waals surface area contributed by atoms with Crippen LogP contribution in [0, 0.1) is 0 Å². The number of hydrogen-bond donors (Lipinski definition) is 1. The van der Waals surface area contributed by atoms with E-state index in [9.17, 15) is 0 Å². The molecule has 7 heteroatoms. The summed E-state index contributed by atoms with van der Waals surface area (Å²) in [7, 11) is 1.65. The van der Waals surface area contributed by atoms with Crippen LogP contribution in [0.1, 0.15) is 10.9 Å². The predicted octanol–water partition coefficient (Wildman–Crippen LogP) is 3.96. The first kappa shape index (κ1) is 14.4. The van der Waals surface area contributed by atoms with E-state index >= 15 is 0 Å². The average molecular weight is 345 g/mol. The molecule has 0 amide bonds. The van der Waals surface area contributed by atoms with Crippen LogP contribution in [0.25, 0.3) is 11.4 Å². The van der Waals surface area contributed by atoms with Gasteiger partial charge in [-0.2, -0.15) is 0 Å². The molecule has 0 aliphatic carbocycles. The Labute approximate surface area is 142 Å². The zero-order valence-electron chi connectivity index (χ0n) is 12.2. The Kier molecular flexibility index (Phi) is 3.63. The Morgan fingerprint density at radius 1 is 1.13 bits per heavy atom. The molecule has 0 saturated heterocycles. The number of hydrogen-bond acceptors (Lipinski definition) is 5. The van der Waals surface area contributed by atoms with Crippen LogP contribution in [0.3, 0.4) is 0 Å². The Bertz CT molecular complexity index is 850. The van der Waals surface area contributed by atoms with E-state index in [-0.39, 0.29) is 5.37 Å². The van der Waals surface area contributed by atoms with Crippen LogP contribution in [0.2, 0.25) is 5.02 Å². The second kappa shape index (κ2) is 5.79. The Morgan fingerprint density at radius 3 is 2.70 bits per heavy atom. The third kappa shape index (κ3) is 2.54. The molecule has 1 aliphatic rings. The maximum Gasteiger partial charge on any atom is 0.212 e. The standard InChI is InChI=1S/C16H13ClN4OS/c1-22-13-5-3-2-4-12(13)14-18-19-16-21(14)20-15(23-16)10-6-8-11(17)9-7-10/h2-9,15,20H,1H3/t15-/m0/s1. The van der Waals surface area contributed by atoms with Crippen molar-refractivity contribution < 1.29 is 4.74 Å². The highest BCUT2D eigenvalue weighted by atomic mass is 35.5. The first-order valence-corrected chi connectivity index (χ1v) is 8.29. The van der Waals surface area contributed by atoms with Crippen molar-refractivity contribution in [1.82, 2.24) is 14.9 Å². The number of ether oxygens (including phenoxy) is 1. The number of halogens is 1. The lowest BCUT2D eigenvalue weighted by Crippen LogP contribution is -2.14. The number of aromatic nitrogens is 3. The van der Waals surface area contributed by atoms with Crippen LogP contribution in [0.5, 0.6) is 5.75 Å². The largest absolute Gasteiger partial charge is 0.496 e.